The van der Waals surface area contributed by atoms with Crippen molar-refractivity contribution in [2.24, 2.45) is 0 Å². The molecule has 0 aliphatic carbocycles. The summed E-state index contributed by atoms with van der Waals surface area (Å²) in [5.41, 5.74) is 0. The summed E-state index contributed by atoms with van der Waals surface area (Å²) < 4.78 is 0. The van der Waals surface area contributed by atoms with Crippen molar-refractivity contribution in [3.05, 3.63) is 0 Å². The van der Waals surface area contributed by atoms with Crippen LogP contribution in [-0.4, -0.2) is 25.0 Å². The van der Waals surface area contributed by atoms with Crippen LogP contribution in [0.5, 0.6) is 0 Å². The molecule has 3 heteroatoms. The highest BCUT2D eigenvalue weighted by Crippen LogP contribution is 2.14. The number of rotatable bonds is 22. The van der Waals surface area contributed by atoms with Crippen LogP contribution in [0.1, 0.15) is 130 Å². The number of hydrogen-bond acceptors (Lipinski definition) is 3. The third kappa shape index (κ3) is 20.2. The summed E-state index contributed by atoms with van der Waals surface area (Å²) in [6, 6.07) is 0. The van der Waals surface area contributed by atoms with E-state index in [4.69, 9.17) is 9.68 Å². The molecule has 0 amide bonds. The van der Waals surface area contributed by atoms with Gasteiger partial charge in [-0.3, -0.25) is 9.68 Å². The van der Waals surface area contributed by atoms with E-state index in [1.165, 1.54) is 109 Å². The Hall–Kier alpha value is -0.120. The summed E-state index contributed by atoms with van der Waals surface area (Å²) in [6.07, 6.45) is 24.0. The zero-order valence-electron chi connectivity index (χ0n) is 18.4. The lowest BCUT2D eigenvalue weighted by molar-refractivity contribution is -0.364. The molecule has 0 aromatic rings. The molecule has 0 atom stereocenters. The van der Waals surface area contributed by atoms with Crippen molar-refractivity contribution in [3.63, 3.8) is 0 Å². The fourth-order valence-corrected chi connectivity index (χ4v) is 3.42. The Morgan fingerprint density at radius 2 is 0.731 bits per heavy atom. The second kappa shape index (κ2) is 22.9. The Balaban J connectivity index is 3.13. The van der Waals surface area contributed by atoms with E-state index >= 15 is 0 Å². The Labute approximate surface area is 165 Å². The van der Waals surface area contributed by atoms with E-state index in [0.29, 0.717) is 13.2 Å². The molecule has 0 aromatic carbocycles. The number of hydroxylamine groups is 2. The fourth-order valence-electron chi connectivity index (χ4n) is 3.42. The zero-order chi connectivity index (χ0) is 19.1. The van der Waals surface area contributed by atoms with Gasteiger partial charge in [0.25, 0.3) is 0 Å². The lowest BCUT2D eigenvalue weighted by atomic mass is 10.0. The van der Waals surface area contributed by atoms with Crippen molar-refractivity contribution in [2.75, 3.05) is 19.8 Å². The SMILES string of the molecule is CCCCCCCCCCCCCCCCCCCN(OCC)OCC. The minimum atomic E-state index is 0.680. The molecule has 3 nitrogen and oxygen atoms in total. The maximum atomic E-state index is 5.42. The van der Waals surface area contributed by atoms with Crippen LogP contribution in [0.4, 0.5) is 0 Å². The molecular formula is C23H49NO2. The van der Waals surface area contributed by atoms with Gasteiger partial charge >= 0.3 is 0 Å². The molecule has 0 aliphatic heterocycles. The third-order valence-electron chi connectivity index (χ3n) is 4.99. The molecule has 0 radical (unpaired) electrons. The first-order valence-corrected chi connectivity index (χ1v) is 11.9. The molecule has 158 valence electrons. The van der Waals surface area contributed by atoms with Gasteiger partial charge in [0, 0.05) is 0 Å². The van der Waals surface area contributed by atoms with E-state index < -0.39 is 0 Å². The average Bonchev–Trinajstić information content (AvgIpc) is 2.64. The van der Waals surface area contributed by atoms with E-state index in [9.17, 15) is 0 Å². The summed E-state index contributed by atoms with van der Waals surface area (Å²) in [6.45, 7) is 8.54. The van der Waals surface area contributed by atoms with Gasteiger partial charge in [0.15, 0.2) is 0 Å². The van der Waals surface area contributed by atoms with Crippen LogP contribution < -0.4 is 0 Å². The minimum absolute atomic E-state index is 0.680. The van der Waals surface area contributed by atoms with Gasteiger partial charge in [-0.15, -0.1) is 0 Å². The lowest BCUT2D eigenvalue weighted by Crippen LogP contribution is -2.25. The summed E-state index contributed by atoms with van der Waals surface area (Å²) in [5, 5.41) is 1.66. The summed E-state index contributed by atoms with van der Waals surface area (Å²) in [7, 11) is 0. The second-order valence-electron chi connectivity index (χ2n) is 7.55. The average molecular weight is 372 g/mol. The molecule has 26 heavy (non-hydrogen) atoms. The highest BCUT2D eigenvalue weighted by molar-refractivity contribution is 4.50. The second-order valence-corrected chi connectivity index (χ2v) is 7.55. The molecule has 0 saturated carbocycles. The van der Waals surface area contributed by atoms with Crippen LogP contribution in [0.25, 0.3) is 0 Å². The molecular weight excluding hydrogens is 322 g/mol. The summed E-state index contributed by atoms with van der Waals surface area (Å²) in [4.78, 5) is 10.8. The predicted octanol–water partition coefficient (Wildman–Crippen LogP) is 7.84. The van der Waals surface area contributed by atoms with Gasteiger partial charge in [0.1, 0.15) is 0 Å². The van der Waals surface area contributed by atoms with E-state index in [1.807, 2.05) is 13.8 Å². The van der Waals surface area contributed by atoms with Crippen LogP contribution >= 0.6 is 0 Å². The van der Waals surface area contributed by atoms with Gasteiger partial charge in [-0.25, -0.2) is 0 Å². The normalized spacial score (nSPS) is 11.5. The van der Waals surface area contributed by atoms with Gasteiger partial charge in [-0.1, -0.05) is 115 Å². The van der Waals surface area contributed by atoms with Gasteiger partial charge in [-0.05, 0) is 20.3 Å². The van der Waals surface area contributed by atoms with Crippen molar-refractivity contribution in [3.8, 4) is 0 Å². The predicted molar refractivity (Wildman–Crippen MR) is 114 cm³/mol. The highest BCUT2D eigenvalue weighted by Gasteiger charge is 2.03. The number of nitrogens with zero attached hydrogens (tertiary/aromatic N) is 1. The van der Waals surface area contributed by atoms with Gasteiger partial charge in [-0.2, -0.15) is 0 Å². The first kappa shape index (κ1) is 25.9. The van der Waals surface area contributed by atoms with Gasteiger partial charge in [0.05, 0.1) is 19.8 Å². The monoisotopic (exact) mass is 371 g/mol. The molecule has 0 aliphatic rings. The topological polar surface area (TPSA) is 21.7 Å². The summed E-state index contributed by atoms with van der Waals surface area (Å²) >= 11 is 0. The Morgan fingerprint density at radius 3 is 1.04 bits per heavy atom. The highest BCUT2D eigenvalue weighted by atomic mass is 16.9. The third-order valence-corrected chi connectivity index (χ3v) is 4.99. The van der Waals surface area contributed by atoms with Gasteiger partial charge in [0.2, 0.25) is 0 Å². The smallest absolute Gasteiger partial charge is 0.0683 e. The molecule has 0 spiro atoms. The van der Waals surface area contributed by atoms with Crippen molar-refractivity contribution in [1.82, 2.24) is 5.23 Å². The van der Waals surface area contributed by atoms with Crippen molar-refractivity contribution < 1.29 is 9.68 Å². The first-order chi connectivity index (χ1) is 12.8. The minimum Gasteiger partial charge on any atom is -0.274 e. The van der Waals surface area contributed by atoms with Crippen LogP contribution in [0.2, 0.25) is 0 Å². The molecule has 0 N–H and O–H groups in total. The van der Waals surface area contributed by atoms with Crippen LogP contribution in [0, 0.1) is 0 Å². The van der Waals surface area contributed by atoms with Gasteiger partial charge < -0.3 is 0 Å². The largest absolute Gasteiger partial charge is 0.274 e. The number of unbranched alkanes of at least 4 members (excludes halogenated alkanes) is 16. The van der Waals surface area contributed by atoms with Crippen molar-refractivity contribution in [2.45, 2.75) is 130 Å². The van der Waals surface area contributed by atoms with E-state index in [-0.39, 0.29) is 0 Å². The van der Waals surface area contributed by atoms with Crippen LogP contribution in [-0.2, 0) is 9.68 Å². The van der Waals surface area contributed by atoms with E-state index in [2.05, 4.69) is 6.92 Å². The molecule has 0 saturated heterocycles. The first-order valence-electron chi connectivity index (χ1n) is 11.9. The lowest BCUT2D eigenvalue weighted by Gasteiger charge is -2.19. The Kier molecular flexibility index (Phi) is 22.8. The van der Waals surface area contributed by atoms with Crippen LogP contribution in [0.3, 0.4) is 0 Å². The fraction of sp³-hybridized carbons (Fsp3) is 1.00. The Morgan fingerprint density at radius 1 is 0.423 bits per heavy atom. The summed E-state index contributed by atoms with van der Waals surface area (Å²) in [5.74, 6) is 0. The quantitative estimate of drug-likeness (QED) is 0.143. The standard InChI is InChI=1S/C23H49NO2/c1-4-7-8-9-10-11-12-13-14-15-16-17-18-19-20-21-22-23-24(25-5-2)26-6-3/h4-23H2,1-3H3. The molecule has 0 fully saturated rings. The number of hydrogen-bond donors (Lipinski definition) is 0. The maximum absolute atomic E-state index is 5.42. The van der Waals surface area contributed by atoms with E-state index in [1.54, 1.807) is 5.23 Å². The maximum Gasteiger partial charge on any atom is 0.0683 e. The van der Waals surface area contributed by atoms with E-state index in [0.717, 1.165) is 6.54 Å². The molecule has 0 unspecified atom stereocenters. The molecule has 0 aromatic heterocycles. The van der Waals surface area contributed by atoms with Crippen molar-refractivity contribution in [1.29, 1.82) is 0 Å². The molecule has 0 heterocycles. The Bertz CT molecular complexity index is 242. The molecule has 0 rings (SSSR count). The molecule has 0 bridgehead atoms. The zero-order valence-corrected chi connectivity index (χ0v) is 18.4. The van der Waals surface area contributed by atoms with Crippen LogP contribution in [0.15, 0.2) is 0 Å². The van der Waals surface area contributed by atoms with Crippen molar-refractivity contribution >= 4 is 0 Å².